The number of nitrogens with zero attached hydrogens (tertiary/aromatic N) is 2. The Morgan fingerprint density at radius 2 is 1.48 bits per heavy atom. The van der Waals surface area contributed by atoms with E-state index in [1.165, 1.54) is 44.6 Å². The molecule has 71 heavy (non-hydrogen) atoms. The number of carbonyl (C=O) groups is 6. The van der Waals surface area contributed by atoms with E-state index in [0.717, 1.165) is 4.90 Å². The molecule has 23 nitrogen and oxygen atoms in total. The van der Waals surface area contributed by atoms with E-state index in [-0.39, 0.29) is 118 Å². The maximum atomic E-state index is 14.2. The molecule has 0 radical (unpaired) electrons. The van der Waals surface area contributed by atoms with Crippen molar-refractivity contribution in [1.82, 2.24) is 20.4 Å². The zero-order valence-electron chi connectivity index (χ0n) is 39.7. The third-order valence-electron chi connectivity index (χ3n) is 13.3. The number of aromatic hydroxyl groups is 2. The topological polar surface area (TPSA) is 286 Å². The molecule has 3 fully saturated rings. The summed E-state index contributed by atoms with van der Waals surface area (Å²) in [5.74, 6) is -4.73. The number of imide groups is 1. The number of phenols is 2. The molecule has 5 N–H and O–H groups in total. The molecule has 2 aliphatic carbocycles. The summed E-state index contributed by atoms with van der Waals surface area (Å²) < 4.78 is 58.0. The van der Waals surface area contributed by atoms with Gasteiger partial charge in [0.05, 0.1) is 95.5 Å². The van der Waals surface area contributed by atoms with E-state index in [2.05, 4.69) is 15.5 Å². The molecule has 0 spiro atoms. The first-order valence-electron chi connectivity index (χ1n) is 23.6. The van der Waals surface area contributed by atoms with Crippen LogP contribution in [0.1, 0.15) is 75.3 Å². The molecule has 4 heterocycles. The average molecular weight is 997 g/mol. The van der Waals surface area contributed by atoms with Crippen LogP contribution in [0.4, 0.5) is 0 Å². The molecule has 0 bridgehead atoms. The molecule has 386 valence electrons. The molecular weight excluding hydrogens is 937 g/mol. The minimum atomic E-state index is -2.25. The molecule has 8 atom stereocenters. The molecule has 2 unspecified atom stereocenters. The summed E-state index contributed by atoms with van der Waals surface area (Å²) in [7, 11) is 2.88. The van der Waals surface area contributed by atoms with Gasteiger partial charge in [0.1, 0.15) is 29.0 Å². The lowest BCUT2D eigenvalue weighted by molar-refractivity contribution is -0.256. The summed E-state index contributed by atoms with van der Waals surface area (Å²) in [4.78, 5) is 80.4. The van der Waals surface area contributed by atoms with Crippen LogP contribution in [0.25, 0.3) is 0 Å². The standard InChI is InChI=1S/C48H60N4O19/c1-26-44-29(51-13-16-68-46(63-3)45(51)71-44)23-35(69-26)70-31-25-48(61,24-28-37(31)43(59)39-38(41(28)57)40(56)27-5-4-6-30(62-2)36(27)42(39)58)47(60)50-11-15-65-18-20-67-22-21-66-19-17-64-14-10-49-32(53)9-12-52-33(54)7-8-34(52)55/h4-8,26,29,31,35,44-46,57,59,61H,9-25H2,1-3H3,(H,49,53)(H,50,60)/t26-,29-,31?,35-,44+,45+,46-,48?/m0/s1. The van der Waals surface area contributed by atoms with Crippen molar-refractivity contribution >= 4 is 35.2 Å². The summed E-state index contributed by atoms with van der Waals surface area (Å²) >= 11 is 0. The van der Waals surface area contributed by atoms with Crippen LogP contribution < -0.4 is 15.4 Å². The highest BCUT2D eigenvalue weighted by Gasteiger charge is 2.55. The number of fused-ring (bicyclic) bond motifs is 6. The van der Waals surface area contributed by atoms with Crippen molar-refractivity contribution in [3.05, 3.63) is 63.7 Å². The van der Waals surface area contributed by atoms with Crippen molar-refractivity contribution in [3.8, 4) is 17.2 Å². The summed E-state index contributed by atoms with van der Waals surface area (Å²) in [5.41, 5.74) is -3.49. The lowest BCUT2D eigenvalue weighted by Crippen LogP contribution is -2.55. The molecule has 8 rings (SSSR count). The fourth-order valence-electron chi connectivity index (χ4n) is 9.88. The molecule has 4 amide bonds. The van der Waals surface area contributed by atoms with Crippen LogP contribution in [-0.4, -0.2) is 203 Å². The second kappa shape index (κ2) is 23.0. The predicted molar refractivity (Wildman–Crippen MR) is 241 cm³/mol. The van der Waals surface area contributed by atoms with Gasteiger partial charge in [-0.1, -0.05) is 12.1 Å². The highest BCUT2D eigenvalue weighted by Crippen LogP contribution is 2.53. The molecule has 4 aliphatic heterocycles. The first-order valence-corrected chi connectivity index (χ1v) is 23.6. The minimum Gasteiger partial charge on any atom is -0.507 e. The van der Waals surface area contributed by atoms with Gasteiger partial charge in [0.25, 0.3) is 17.7 Å². The Labute approximate surface area is 408 Å². The minimum absolute atomic E-state index is 0.00285. The quantitative estimate of drug-likeness (QED) is 0.0466. The Balaban J connectivity index is 0.821. The van der Waals surface area contributed by atoms with Crippen LogP contribution in [-0.2, 0) is 68.2 Å². The Hall–Kier alpha value is -5.44. The number of hydrogen-bond acceptors (Lipinski definition) is 20. The third-order valence-corrected chi connectivity index (χ3v) is 13.3. The second-order valence-electron chi connectivity index (χ2n) is 17.7. The second-order valence-corrected chi connectivity index (χ2v) is 17.7. The highest BCUT2D eigenvalue weighted by atomic mass is 16.7. The van der Waals surface area contributed by atoms with Crippen molar-refractivity contribution in [2.45, 2.75) is 81.4 Å². The van der Waals surface area contributed by atoms with Crippen LogP contribution in [0, 0.1) is 0 Å². The monoisotopic (exact) mass is 996 g/mol. The number of benzene rings is 2. The van der Waals surface area contributed by atoms with Gasteiger partial charge in [0, 0.05) is 93.9 Å². The molecule has 6 aliphatic rings. The van der Waals surface area contributed by atoms with Gasteiger partial charge in [0.15, 0.2) is 24.6 Å². The van der Waals surface area contributed by atoms with Crippen LogP contribution in [0.5, 0.6) is 17.2 Å². The average Bonchev–Trinajstić information content (AvgIpc) is 3.90. The van der Waals surface area contributed by atoms with Crippen molar-refractivity contribution in [2.24, 2.45) is 0 Å². The van der Waals surface area contributed by atoms with E-state index in [9.17, 15) is 44.1 Å². The van der Waals surface area contributed by atoms with E-state index in [1.807, 2.05) is 6.92 Å². The fraction of sp³-hybridized carbons (Fsp3) is 0.583. The predicted octanol–water partition coefficient (Wildman–Crippen LogP) is -0.236. The summed E-state index contributed by atoms with van der Waals surface area (Å²) in [6.07, 6.45) is -2.69. The van der Waals surface area contributed by atoms with Crippen LogP contribution in [0.2, 0.25) is 0 Å². The molecule has 3 saturated heterocycles. The molecular formula is C48H60N4O19. The van der Waals surface area contributed by atoms with Gasteiger partial charge in [-0.05, 0) is 13.0 Å². The number of methoxy groups -OCH3 is 2. The normalized spacial score (nSPS) is 26.7. The van der Waals surface area contributed by atoms with Crippen molar-refractivity contribution in [2.75, 3.05) is 99.9 Å². The summed E-state index contributed by atoms with van der Waals surface area (Å²) in [6.45, 7) is 4.89. The Morgan fingerprint density at radius 1 is 0.831 bits per heavy atom. The molecule has 0 saturated carbocycles. The fourth-order valence-corrected chi connectivity index (χ4v) is 9.88. The maximum Gasteiger partial charge on any atom is 0.253 e. The number of ketones is 2. The SMILES string of the molecule is COc1cccc2c1C(=O)c1c(O)c3c(c(O)c1C2=O)CC(O)(C(=O)NCCOCCOCCOCCOCCNC(=O)CCN1C(=O)C=CC1=O)CC3O[C@H]1C[C@H]2[C@H](O[C@@H]3[C@@H](OC)OCCN32)[C@H](C)O1. The zero-order chi connectivity index (χ0) is 50.4. The van der Waals surface area contributed by atoms with Gasteiger partial charge < -0.3 is 73.3 Å². The highest BCUT2D eigenvalue weighted by molar-refractivity contribution is 6.31. The number of amides is 4. The number of hydrogen-bond donors (Lipinski definition) is 5. The summed E-state index contributed by atoms with van der Waals surface area (Å²) in [6, 6.07) is 4.23. The first kappa shape index (κ1) is 51.9. The lowest BCUT2D eigenvalue weighted by Gasteiger charge is -2.43. The maximum absolute atomic E-state index is 14.2. The van der Waals surface area contributed by atoms with Gasteiger partial charge >= 0.3 is 0 Å². The van der Waals surface area contributed by atoms with Crippen LogP contribution >= 0.6 is 0 Å². The number of aliphatic hydroxyl groups is 1. The molecule has 2 aromatic rings. The number of morpholine rings is 1. The van der Waals surface area contributed by atoms with Gasteiger partial charge in [-0.15, -0.1) is 0 Å². The van der Waals surface area contributed by atoms with Crippen LogP contribution in [0.3, 0.4) is 0 Å². The van der Waals surface area contributed by atoms with E-state index in [4.69, 9.17) is 47.4 Å². The van der Waals surface area contributed by atoms with Gasteiger partial charge in [0.2, 0.25) is 11.7 Å². The molecule has 0 aromatic heterocycles. The number of carbonyl (C=O) groups excluding carboxylic acids is 6. The largest absolute Gasteiger partial charge is 0.507 e. The third kappa shape index (κ3) is 11.0. The Bertz CT molecular complexity index is 2360. The van der Waals surface area contributed by atoms with Crippen LogP contribution in [0.15, 0.2) is 30.4 Å². The van der Waals surface area contributed by atoms with Crippen molar-refractivity contribution in [1.29, 1.82) is 0 Å². The molecule has 23 heteroatoms. The van der Waals surface area contributed by atoms with Crippen molar-refractivity contribution < 1.29 is 91.5 Å². The van der Waals surface area contributed by atoms with E-state index in [1.54, 1.807) is 0 Å². The lowest BCUT2D eigenvalue weighted by atomic mass is 9.72. The zero-order valence-corrected chi connectivity index (χ0v) is 39.7. The smallest absolute Gasteiger partial charge is 0.253 e. The number of nitrogens with one attached hydrogen (secondary N) is 2. The number of phenolic OH excluding ortho intramolecular Hbond substituents is 2. The summed E-state index contributed by atoms with van der Waals surface area (Å²) in [5, 5.41) is 41.6. The number of ether oxygens (including phenoxy) is 10. The Morgan fingerprint density at radius 3 is 2.14 bits per heavy atom. The van der Waals surface area contributed by atoms with E-state index >= 15 is 0 Å². The van der Waals surface area contributed by atoms with Gasteiger partial charge in [-0.2, -0.15) is 0 Å². The number of rotatable bonds is 23. The molecule has 2 aromatic carbocycles. The van der Waals surface area contributed by atoms with E-state index in [0.29, 0.717) is 26.4 Å². The van der Waals surface area contributed by atoms with Crippen molar-refractivity contribution in [3.63, 3.8) is 0 Å². The van der Waals surface area contributed by atoms with Gasteiger partial charge in [-0.25, -0.2) is 0 Å². The Kier molecular flexibility index (Phi) is 16.8. The van der Waals surface area contributed by atoms with E-state index < -0.39 is 101 Å². The van der Waals surface area contributed by atoms with Gasteiger partial charge in [-0.3, -0.25) is 38.6 Å². The first-order chi connectivity index (χ1) is 34.3.